The molecular formula is C8H14ClN3S. The monoisotopic (exact) mass is 219 g/mol. The molecule has 1 aliphatic rings. The van der Waals surface area contributed by atoms with E-state index in [1.165, 1.54) is 6.42 Å². The zero-order valence-electron chi connectivity index (χ0n) is 7.35. The molecule has 2 N–H and O–H groups in total. The summed E-state index contributed by atoms with van der Waals surface area (Å²) in [5.41, 5.74) is 5.87. The first-order valence-electron chi connectivity index (χ1n) is 4.26. The van der Waals surface area contributed by atoms with E-state index in [4.69, 9.17) is 5.73 Å². The Labute approximate surface area is 88.4 Å². The van der Waals surface area contributed by atoms with Crippen molar-refractivity contribution < 1.29 is 0 Å². The molecule has 1 aromatic heterocycles. The van der Waals surface area contributed by atoms with Crippen molar-refractivity contribution in [1.82, 2.24) is 4.98 Å². The third-order valence-corrected chi connectivity index (χ3v) is 2.98. The molecule has 1 unspecified atom stereocenters. The largest absolute Gasteiger partial charge is 0.347 e. The summed E-state index contributed by atoms with van der Waals surface area (Å²) in [6, 6.07) is 0.336. The molecule has 0 radical (unpaired) electrons. The number of nitrogens with two attached hydrogens (primary N) is 1. The van der Waals surface area contributed by atoms with Gasteiger partial charge in [-0.15, -0.1) is 23.7 Å². The van der Waals surface area contributed by atoms with E-state index in [2.05, 4.69) is 9.88 Å². The summed E-state index contributed by atoms with van der Waals surface area (Å²) in [5, 5.41) is 3.13. The van der Waals surface area contributed by atoms with Gasteiger partial charge in [0.2, 0.25) is 0 Å². The lowest BCUT2D eigenvalue weighted by Gasteiger charge is -2.30. The molecule has 2 rings (SSSR count). The maximum Gasteiger partial charge on any atom is 0.185 e. The second-order valence-corrected chi connectivity index (χ2v) is 4.04. The Morgan fingerprint density at radius 2 is 2.46 bits per heavy atom. The van der Waals surface area contributed by atoms with E-state index in [-0.39, 0.29) is 12.4 Å². The fraction of sp³-hybridized carbons (Fsp3) is 0.625. The molecule has 0 bridgehead atoms. The van der Waals surface area contributed by atoms with Gasteiger partial charge >= 0.3 is 0 Å². The van der Waals surface area contributed by atoms with Gasteiger partial charge in [0.1, 0.15) is 0 Å². The van der Waals surface area contributed by atoms with Crippen molar-refractivity contribution in [2.75, 3.05) is 18.0 Å². The summed E-state index contributed by atoms with van der Waals surface area (Å²) in [7, 11) is 0. The van der Waals surface area contributed by atoms with Gasteiger partial charge in [-0.2, -0.15) is 0 Å². The van der Waals surface area contributed by atoms with Gasteiger partial charge in [-0.1, -0.05) is 0 Å². The van der Waals surface area contributed by atoms with Crippen LogP contribution >= 0.6 is 23.7 Å². The van der Waals surface area contributed by atoms with Crippen LogP contribution in [-0.4, -0.2) is 24.1 Å². The molecule has 1 atom stereocenters. The van der Waals surface area contributed by atoms with Crippen molar-refractivity contribution in [1.29, 1.82) is 0 Å². The fourth-order valence-corrected chi connectivity index (χ4v) is 2.24. The standard InChI is InChI=1S/C8H13N3S.ClH/c9-7-2-1-4-11(6-7)8-10-3-5-12-8;/h3,5,7H,1-2,4,6,9H2;1H. The van der Waals surface area contributed by atoms with E-state index < -0.39 is 0 Å². The number of halogens is 1. The number of rotatable bonds is 1. The van der Waals surface area contributed by atoms with Crippen LogP contribution in [0, 0.1) is 0 Å². The number of thiazole rings is 1. The van der Waals surface area contributed by atoms with Crippen molar-refractivity contribution in [3.63, 3.8) is 0 Å². The van der Waals surface area contributed by atoms with Crippen molar-refractivity contribution >= 4 is 28.9 Å². The molecule has 0 spiro atoms. The number of aromatic nitrogens is 1. The fourth-order valence-electron chi connectivity index (χ4n) is 1.56. The lowest BCUT2D eigenvalue weighted by molar-refractivity contribution is 0.505. The molecule has 1 aromatic rings. The summed E-state index contributed by atoms with van der Waals surface area (Å²) in [6.07, 6.45) is 4.20. The second-order valence-electron chi connectivity index (χ2n) is 3.16. The van der Waals surface area contributed by atoms with Gasteiger partial charge in [0.25, 0.3) is 0 Å². The lowest BCUT2D eigenvalue weighted by atomic mass is 10.1. The Kier molecular flexibility index (Phi) is 3.96. The number of hydrogen-bond donors (Lipinski definition) is 1. The highest BCUT2D eigenvalue weighted by molar-refractivity contribution is 7.13. The first-order chi connectivity index (χ1) is 5.86. The summed E-state index contributed by atoms with van der Waals surface area (Å²) >= 11 is 1.69. The highest BCUT2D eigenvalue weighted by atomic mass is 35.5. The van der Waals surface area contributed by atoms with E-state index in [0.717, 1.165) is 24.6 Å². The quantitative estimate of drug-likeness (QED) is 0.779. The summed E-state index contributed by atoms with van der Waals surface area (Å²) in [4.78, 5) is 6.54. The molecule has 3 nitrogen and oxygen atoms in total. The van der Waals surface area contributed by atoms with Crippen molar-refractivity contribution in [2.24, 2.45) is 5.73 Å². The van der Waals surface area contributed by atoms with Crippen LogP contribution in [0.5, 0.6) is 0 Å². The van der Waals surface area contributed by atoms with Gasteiger partial charge < -0.3 is 10.6 Å². The van der Waals surface area contributed by atoms with Gasteiger partial charge in [-0.3, -0.25) is 0 Å². The van der Waals surface area contributed by atoms with Crippen LogP contribution in [0.3, 0.4) is 0 Å². The van der Waals surface area contributed by atoms with Crippen LogP contribution < -0.4 is 10.6 Å². The minimum Gasteiger partial charge on any atom is -0.347 e. The van der Waals surface area contributed by atoms with Crippen LogP contribution in [0.4, 0.5) is 5.13 Å². The molecule has 1 fully saturated rings. The Hall–Kier alpha value is -0.320. The smallest absolute Gasteiger partial charge is 0.185 e. The molecule has 13 heavy (non-hydrogen) atoms. The Bertz CT molecular complexity index is 240. The average molecular weight is 220 g/mol. The molecule has 0 amide bonds. The van der Waals surface area contributed by atoms with Crippen LogP contribution in [0.1, 0.15) is 12.8 Å². The molecule has 5 heteroatoms. The van der Waals surface area contributed by atoms with E-state index in [1.54, 1.807) is 11.3 Å². The zero-order chi connectivity index (χ0) is 8.39. The summed E-state index contributed by atoms with van der Waals surface area (Å²) in [5.74, 6) is 0. The third kappa shape index (κ3) is 2.56. The van der Waals surface area contributed by atoms with E-state index in [9.17, 15) is 0 Å². The first-order valence-corrected chi connectivity index (χ1v) is 5.14. The van der Waals surface area contributed by atoms with Gasteiger partial charge in [0.05, 0.1) is 0 Å². The van der Waals surface area contributed by atoms with Gasteiger partial charge in [-0.25, -0.2) is 4.98 Å². The normalized spacial score (nSPS) is 22.5. The van der Waals surface area contributed by atoms with Crippen LogP contribution in [0.15, 0.2) is 11.6 Å². The van der Waals surface area contributed by atoms with E-state index >= 15 is 0 Å². The van der Waals surface area contributed by atoms with Crippen LogP contribution in [0.25, 0.3) is 0 Å². The predicted molar refractivity (Wildman–Crippen MR) is 58.8 cm³/mol. The van der Waals surface area contributed by atoms with Crippen molar-refractivity contribution in [2.45, 2.75) is 18.9 Å². The SMILES string of the molecule is Cl.NC1CCCN(c2nccs2)C1. The molecule has 1 aliphatic heterocycles. The Balaban J connectivity index is 0.000000845. The second kappa shape index (κ2) is 4.79. The minimum absolute atomic E-state index is 0. The van der Waals surface area contributed by atoms with Gasteiger partial charge in [0.15, 0.2) is 5.13 Å². The molecule has 2 heterocycles. The molecule has 0 aromatic carbocycles. The number of anilines is 1. The average Bonchev–Trinajstić information content (AvgIpc) is 2.56. The number of hydrogen-bond acceptors (Lipinski definition) is 4. The number of nitrogens with zero attached hydrogens (tertiary/aromatic N) is 2. The maximum absolute atomic E-state index is 5.87. The topological polar surface area (TPSA) is 42.1 Å². The summed E-state index contributed by atoms with van der Waals surface area (Å²) in [6.45, 7) is 2.08. The molecule has 74 valence electrons. The zero-order valence-corrected chi connectivity index (χ0v) is 8.98. The summed E-state index contributed by atoms with van der Waals surface area (Å²) < 4.78 is 0. The van der Waals surface area contributed by atoms with Crippen molar-refractivity contribution in [3.05, 3.63) is 11.6 Å². The molecular weight excluding hydrogens is 206 g/mol. The number of piperidine rings is 1. The minimum atomic E-state index is 0. The molecule has 0 saturated carbocycles. The lowest BCUT2D eigenvalue weighted by Crippen LogP contribution is -2.42. The van der Waals surface area contributed by atoms with Gasteiger partial charge in [-0.05, 0) is 12.8 Å². The van der Waals surface area contributed by atoms with E-state index in [0.29, 0.717) is 6.04 Å². The predicted octanol–water partition coefficient (Wildman–Crippen LogP) is 1.49. The highest BCUT2D eigenvalue weighted by Crippen LogP contribution is 2.20. The first kappa shape index (κ1) is 10.8. The third-order valence-electron chi connectivity index (χ3n) is 2.15. The maximum atomic E-state index is 5.87. The Morgan fingerprint density at radius 1 is 1.62 bits per heavy atom. The Morgan fingerprint density at radius 3 is 3.08 bits per heavy atom. The molecule has 1 saturated heterocycles. The van der Waals surface area contributed by atoms with Gasteiger partial charge in [0, 0.05) is 30.7 Å². The van der Waals surface area contributed by atoms with Crippen LogP contribution in [-0.2, 0) is 0 Å². The van der Waals surface area contributed by atoms with Crippen LogP contribution in [0.2, 0.25) is 0 Å². The molecule has 0 aliphatic carbocycles. The van der Waals surface area contributed by atoms with Crippen molar-refractivity contribution in [3.8, 4) is 0 Å². The van der Waals surface area contributed by atoms with E-state index in [1.807, 2.05) is 11.6 Å². The highest BCUT2D eigenvalue weighted by Gasteiger charge is 2.17.